The van der Waals surface area contributed by atoms with Gasteiger partial charge in [-0.2, -0.15) is 0 Å². The number of nitrogens with zero attached hydrogens (tertiary/aromatic N) is 2. The van der Waals surface area contributed by atoms with E-state index in [1.165, 1.54) is 0 Å². The maximum atomic E-state index is 13.2. The number of imidazole rings is 1. The first-order valence-electron chi connectivity index (χ1n) is 10.8. The topological polar surface area (TPSA) is 82.7 Å². The number of rotatable bonds is 10. The number of methoxy groups -OCH3 is 2. The summed E-state index contributed by atoms with van der Waals surface area (Å²) < 4.78 is 14.5. The minimum Gasteiger partial charge on any atom is -0.478 e. The highest BCUT2D eigenvalue weighted by Gasteiger charge is 2.25. The summed E-state index contributed by atoms with van der Waals surface area (Å²) in [6, 6.07) is 14.6. The summed E-state index contributed by atoms with van der Waals surface area (Å²) in [7, 11) is 3.14. The second kappa shape index (κ2) is 10.4. The Hall–Kier alpha value is -3.16. The van der Waals surface area contributed by atoms with E-state index in [-0.39, 0.29) is 11.3 Å². The van der Waals surface area contributed by atoms with Crippen molar-refractivity contribution < 1.29 is 19.4 Å². The van der Waals surface area contributed by atoms with Gasteiger partial charge in [0.05, 0.1) is 17.8 Å². The van der Waals surface area contributed by atoms with Crippen molar-refractivity contribution in [2.45, 2.75) is 46.1 Å². The molecule has 0 radical (unpaired) electrons. The Morgan fingerprint density at radius 3 is 2.22 bits per heavy atom. The monoisotopic (exact) mass is 438 g/mol. The van der Waals surface area contributed by atoms with Crippen LogP contribution < -0.4 is 5.69 Å². The number of benzene rings is 2. The van der Waals surface area contributed by atoms with Gasteiger partial charge in [0.2, 0.25) is 0 Å². The van der Waals surface area contributed by atoms with Crippen LogP contribution in [0.3, 0.4) is 0 Å². The molecule has 0 bridgehead atoms. The second-order valence-corrected chi connectivity index (χ2v) is 7.55. The Bertz CT molecular complexity index is 1120. The van der Waals surface area contributed by atoms with Crippen LogP contribution in [0.2, 0.25) is 0 Å². The van der Waals surface area contributed by atoms with Crippen molar-refractivity contribution in [3.05, 3.63) is 81.5 Å². The van der Waals surface area contributed by atoms with Crippen LogP contribution in [0.25, 0.3) is 11.1 Å². The molecule has 0 aliphatic rings. The van der Waals surface area contributed by atoms with Crippen LogP contribution in [-0.2, 0) is 29.0 Å². The number of hydrogen-bond donors (Lipinski definition) is 1. The third kappa shape index (κ3) is 4.54. The van der Waals surface area contributed by atoms with Crippen LogP contribution in [0.15, 0.2) is 53.3 Å². The summed E-state index contributed by atoms with van der Waals surface area (Å²) in [6.45, 7) is 4.94. The predicted molar refractivity (Wildman–Crippen MR) is 123 cm³/mol. The zero-order valence-corrected chi connectivity index (χ0v) is 19.0. The lowest BCUT2D eigenvalue weighted by atomic mass is 9.99. The first kappa shape index (κ1) is 23.5. The first-order valence-corrected chi connectivity index (χ1v) is 10.8. The highest BCUT2D eigenvalue weighted by Crippen LogP contribution is 2.26. The lowest BCUT2D eigenvalue weighted by Crippen LogP contribution is -2.26. The molecule has 3 rings (SSSR count). The Morgan fingerprint density at radius 2 is 1.66 bits per heavy atom. The Kier molecular flexibility index (Phi) is 7.66. The van der Waals surface area contributed by atoms with Gasteiger partial charge in [0.1, 0.15) is 0 Å². The van der Waals surface area contributed by atoms with Gasteiger partial charge in [-0.15, -0.1) is 0 Å². The molecular weight excluding hydrogens is 408 g/mol. The first-order chi connectivity index (χ1) is 15.5. The number of ether oxygens (including phenoxy) is 2. The van der Waals surface area contributed by atoms with Crippen LogP contribution in [0.1, 0.15) is 53.9 Å². The Labute approximate surface area is 187 Å². The van der Waals surface area contributed by atoms with E-state index in [1.807, 2.05) is 37.3 Å². The maximum Gasteiger partial charge on any atom is 0.336 e. The highest BCUT2D eigenvalue weighted by atomic mass is 16.7. The van der Waals surface area contributed by atoms with Crippen LogP contribution in [0.4, 0.5) is 0 Å². The number of aromatic nitrogens is 2. The number of hydrogen-bond acceptors (Lipinski definition) is 4. The summed E-state index contributed by atoms with van der Waals surface area (Å²) in [5.74, 6) is -0.959. The molecular formula is C25H30N2O5. The van der Waals surface area contributed by atoms with E-state index in [4.69, 9.17) is 9.47 Å². The molecule has 170 valence electrons. The van der Waals surface area contributed by atoms with Gasteiger partial charge < -0.3 is 14.6 Å². The standard InChI is InChI=1S/C25H30N2O5/c1-5-9-21-22(24(31-3)32-4)26(6-2)25(30)27(21)16-17-12-14-18(15-13-17)19-10-7-8-11-20(19)23(28)29/h7-8,10-15,24H,5-6,9,16H2,1-4H3,(H,28,29). The minimum atomic E-state index is -0.959. The van der Waals surface area contributed by atoms with Gasteiger partial charge in [0, 0.05) is 26.5 Å². The largest absolute Gasteiger partial charge is 0.478 e. The normalized spacial score (nSPS) is 11.3. The molecule has 0 saturated carbocycles. The minimum absolute atomic E-state index is 0.0923. The van der Waals surface area contributed by atoms with E-state index in [9.17, 15) is 14.7 Å². The summed E-state index contributed by atoms with van der Waals surface area (Å²) in [5, 5.41) is 9.46. The van der Waals surface area contributed by atoms with Crippen molar-refractivity contribution in [3.8, 4) is 11.1 Å². The van der Waals surface area contributed by atoms with Crippen LogP contribution in [0, 0.1) is 0 Å². The SMILES string of the molecule is CCCc1c(C(OC)OC)n(CC)c(=O)n1Cc1ccc(-c2ccccc2C(=O)O)cc1. The third-order valence-electron chi connectivity index (χ3n) is 5.59. The van der Waals surface area contributed by atoms with Gasteiger partial charge in [0.15, 0.2) is 6.29 Å². The van der Waals surface area contributed by atoms with E-state index < -0.39 is 12.3 Å². The molecule has 0 unspecified atom stereocenters. The average Bonchev–Trinajstić information content (AvgIpc) is 3.06. The van der Waals surface area contributed by atoms with Gasteiger partial charge in [-0.25, -0.2) is 9.59 Å². The molecule has 0 atom stereocenters. The van der Waals surface area contributed by atoms with Crippen LogP contribution >= 0.6 is 0 Å². The molecule has 0 aliphatic heterocycles. The summed E-state index contributed by atoms with van der Waals surface area (Å²) in [4.78, 5) is 24.8. The number of carboxylic acids is 1. The maximum absolute atomic E-state index is 13.2. The van der Waals surface area contributed by atoms with E-state index in [0.717, 1.165) is 35.4 Å². The summed E-state index contributed by atoms with van der Waals surface area (Å²) >= 11 is 0. The van der Waals surface area contributed by atoms with Crippen molar-refractivity contribution in [2.75, 3.05) is 14.2 Å². The van der Waals surface area contributed by atoms with E-state index in [0.29, 0.717) is 18.7 Å². The lowest BCUT2D eigenvalue weighted by Gasteiger charge is -2.17. The molecule has 0 fully saturated rings. The Balaban J connectivity index is 2.01. The molecule has 0 spiro atoms. The van der Waals surface area contributed by atoms with Gasteiger partial charge in [-0.3, -0.25) is 9.13 Å². The number of aromatic carboxylic acids is 1. The third-order valence-corrected chi connectivity index (χ3v) is 5.59. The zero-order chi connectivity index (χ0) is 23.3. The summed E-state index contributed by atoms with van der Waals surface area (Å²) in [6.07, 6.45) is 0.996. The quantitative estimate of drug-likeness (QED) is 0.477. The molecule has 0 saturated heterocycles. The molecule has 1 N–H and O–H groups in total. The number of carbonyl (C=O) groups is 1. The molecule has 1 heterocycles. The van der Waals surface area contributed by atoms with E-state index in [2.05, 4.69) is 6.92 Å². The zero-order valence-electron chi connectivity index (χ0n) is 19.0. The molecule has 0 aliphatic carbocycles. The molecule has 0 amide bonds. The van der Waals surface area contributed by atoms with Crippen LogP contribution in [-0.4, -0.2) is 34.4 Å². The fourth-order valence-electron chi connectivity index (χ4n) is 4.10. The van der Waals surface area contributed by atoms with Gasteiger partial charge in [-0.1, -0.05) is 55.8 Å². The highest BCUT2D eigenvalue weighted by molar-refractivity contribution is 5.95. The van der Waals surface area contributed by atoms with E-state index >= 15 is 0 Å². The molecule has 32 heavy (non-hydrogen) atoms. The van der Waals surface area contributed by atoms with Gasteiger partial charge >= 0.3 is 11.7 Å². The van der Waals surface area contributed by atoms with Crippen molar-refractivity contribution in [1.29, 1.82) is 0 Å². The van der Waals surface area contributed by atoms with Crippen molar-refractivity contribution >= 4 is 5.97 Å². The Morgan fingerprint density at radius 1 is 1.00 bits per heavy atom. The fourth-order valence-corrected chi connectivity index (χ4v) is 4.10. The molecule has 1 aromatic heterocycles. The van der Waals surface area contributed by atoms with Crippen molar-refractivity contribution in [3.63, 3.8) is 0 Å². The van der Waals surface area contributed by atoms with Crippen molar-refractivity contribution in [1.82, 2.24) is 9.13 Å². The summed E-state index contributed by atoms with van der Waals surface area (Å²) in [5.41, 5.74) is 4.27. The average molecular weight is 439 g/mol. The molecule has 2 aromatic carbocycles. The molecule has 7 nitrogen and oxygen atoms in total. The molecule has 3 aromatic rings. The lowest BCUT2D eigenvalue weighted by molar-refractivity contribution is -0.111. The second-order valence-electron chi connectivity index (χ2n) is 7.55. The van der Waals surface area contributed by atoms with E-state index in [1.54, 1.807) is 41.6 Å². The van der Waals surface area contributed by atoms with Gasteiger partial charge in [0.25, 0.3) is 0 Å². The van der Waals surface area contributed by atoms with Crippen LogP contribution in [0.5, 0.6) is 0 Å². The van der Waals surface area contributed by atoms with Gasteiger partial charge in [-0.05, 0) is 36.1 Å². The van der Waals surface area contributed by atoms with Crippen molar-refractivity contribution in [2.24, 2.45) is 0 Å². The smallest absolute Gasteiger partial charge is 0.336 e. The molecule has 7 heteroatoms. The predicted octanol–water partition coefficient (Wildman–Crippen LogP) is 4.33. The number of carboxylic acid groups (broad SMARTS) is 1. The fraction of sp³-hybridized carbons (Fsp3) is 0.360.